The number of aryl methyl sites for hydroxylation is 1. The zero-order chi connectivity index (χ0) is 56.9. The van der Waals surface area contributed by atoms with Crippen molar-refractivity contribution in [2.24, 2.45) is 23.7 Å². The fraction of sp³-hybridized carbons (Fsp3) is 0.737. The van der Waals surface area contributed by atoms with Crippen LogP contribution >= 0.6 is 0 Å². The highest BCUT2D eigenvalue weighted by atomic mass is 19.1. The largest absolute Gasteiger partial charge is 0.459 e. The summed E-state index contributed by atoms with van der Waals surface area (Å²) in [6.45, 7) is 18.5. The number of halogens is 1. The third-order valence-corrected chi connectivity index (χ3v) is 17.0. The smallest absolute Gasteiger partial charge is 0.311 e. The summed E-state index contributed by atoms with van der Waals surface area (Å²) in [6, 6.07) is 10.4. The molecule has 0 unspecified atom stereocenters. The van der Waals surface area contributed by atoms with E-state index in [1.807, 2.05) is 75.3 Å². The quantitative estimate of drug-likeness (QED) is 0.115. The molecule has 20 heteroatoms. The van der Waals surface area contributed by atoms with Gasteiger partial charge in [-0.1, -0.05) is 63.2 Å². The lowest BCUT2D eigenvalue weighted by atomic mass is 9.74. The molecule has 0 amide bonds. The molecule has 1 aromatic carbocycles. The molecule has 0 radical (unpaired) electrons. The summed E-state index contributed by atoms with van der Waals surface area (Å²) in [5.41, 5.74) is -0.230. The normalized spacial score (nSPS) is 37.8. The number of aliphatic hydroxyl groups is 4. The van der Waals surface area contributed by atoms with Crippen molar-refractivity contribution >= 4 is 11.8 Å². The Morgan fingerprint density at radius 1 is 0.883 bits per heavy atom. The second-order valence-corrected chi connectivity index (χ2v) is 22.8. The number of hydrogen-bond donors (Lipinski definition) is 4. The van der Waals surface area contributed by atoms with E-state index in [4.69, 9.17) is 37.9 Å². The molecule has 4 N–H and O–H groups in total. The highest BCUT2D eigenvalue weighted by molar-refractivity contribution is 5.83. The minimum Gasteiger partial charge on any atom is -0.459 e. The first kappa shape index (κ1) is 62.3. The Morgan fingerprint density at radius 3 is 2.14 bits per heavy atom. The molecule has 0 aliphatic carbocycles. The van der Waals surface area contributed by atoms with Gasteiger partial charge in [-0.2, -0.15) is 0 Å². The Morgan fingerprint density at radius 2 is 1.55 bits per heavy atom. The summed E-state index contributed by atoms with van der Waals surface area (Å²) in [6.07, 6.45) is -6.75. The zero-order valence-electron chi connectivity index (χ0n) is 47.9. The first-order valence-corrected chi connectivity index (χ1v) is 27.2. The van der Waals surface area contributed by atoms with E-state index in [9.17, 15) is 34.4 Å². The minimum absolute atomic E-state index is 0.0409. The number of cyclic esters (lactones) is 1. The third kappa shape index (κ3) is 13.8. The highest BCUT2D eigenvalue weighted by Gasteiger charge is 2.54. The Kier molecular flexibility index (Phi) is 21.1. The molecule has 3 aliphatic rings. The average Bonchev–Trinajstić information content (AvgIpc) is 3.89. The first-order chi connectivity index (χ1) is 36.3. The van der Waals surface area contributed by atoms with Gasteiger partial charge in [0.2, 0.25) is 0 Å². The fourth-order valence-electron chi connectivity index (χ4n) is 11.9. The molecule has 3 fully saturated rings. The van der Waals surface area contributed by atoms with Crippen molar-refractivity contribution in [3.63, 3.8) is 0 Å². The van der Waals surface area contributed by atoms with Crippen LogP contribution < -0.4 is 0 Å². The number of aliphatic hydroxyl groups excluding tert-OH is 3. The van der Waals surface area contributed by atoms with E-state index in [-0.39, 0.29) is 25.0 Å². The van der Waals surface area contributed by atoms with Crippen LogP contribution in [0.3, 0.4) is 0 Å². The molecule has 20 atom stereocenters. The predicted molar refractivity (Wildman–Crippen MR) is 283 cm³/mol. The lowest BCUT2D eigenvalue weighted by Crippen LogP contribution is -2.61. The van der Waals surface area contributed by atoms with Gasteiger partial charge in [0.15, 0.2) is 12.6 Å². The topological polar surface area (TPSA) is 236 Å². The molecule has 19 nitrogen and oxygen atoms in total. The maximum absolute atomic E-state index is 15.0. The van der Waals surface area contributed by atoms with Gasteiger partial charge in [-0.05, 0) is 92.0 Å². The number of Topliss-reactive ketones (excluding diaryl/α,β-unsaturated/α-hetero) is 1. The van der Waals surface area contributed by atoms with Crippen molar-refractivity contribution in [1.82, 2.24) is 24.9 Å². The van der Waals surface area contributed by atoms with Crippen molar-refractivity contribution in [3.05, 3.63) is 65.7 Å². The lowest BCUT2D eigenvalue weighted by Gasteiger charge is -2.50. The van der Waals surface area contributed by atoms with E-state index in [1.165, 1.54) is 39.9 Å². The summed E-state index contributed by atoms with van der Waals surface area (Å²) in [7, 11) is 6.41. The van der Waals surface area contributed by atoms with Gasteiger partial charge in [0.25, 0.3) is 0 Å². The molecule has 0 saturated carbocycles. The number of hydrogen-bond acceptors (Lipinski definition) is 18. The molecule has 77 heavy (non-hydrogen) atoms. The fourth-order valence-corrected chi connectivity index (χ4v) is 11.9. The maximum Gasteiger partial charge on any atom is 0.311 e. The molecule has 3 aromatic rings. The first-order valence-electron chi connectivity index (χ1n) is 27.2. The molecule has 2 aromatic heterocycles. The number of benzene rings is 1. The van der Waals surface area contributed by atoms with Crippen molar-refractivity contribution in [3.8, 4) is 11.1 Å². The number of pyridine rings is 1. The van der Waals surface area contributed by atoms with Crippen LogP contribution in [0.4, 0.5) is 4.39 Å². The average molecular weight is 1090 g/mol. The van der Waals surface area contributed by atoms with Crippen LogP contribution in [0.15, 0.2) is 48.8 Å². The molecule has 0 spiro atoms. The van der Waals surface area contributed by atoms with Gasteiger partial charge >= 0.3 is 5.97 Å². The van der Waals surface area contributed by atoms with Gasteiger partial charge in [-0.25, -0.2) is 9.07 Å². The van der Waals surface area contributed by atoms with Crippen LogP contribution in [0.2, 0.25) is 0 Å². The highest BCUT2D eigenvalue weighted by Crippen LogP contribution is 2.42. The van der Waals surface area contributed by atoms with Gasteiger partial charge < -0.3 is 63.2 Å². The number of aromatic nitrogens is 4. The Balaban J connectivity index is 1.27. The number of ketones is 1. The van der Waals surface area contributed by atoms with Crippen LogP contribution in [0.25, 0.3) is 11.1 Å². The van der Waals surface area contributed by atoms with Gasteiger partial charge in [-0.3, -0.25) is 14.6 Å². The van der Waals surface area contributed by atoms with Crippen LogP contribution in [0, 0.1) is 30.6 Å². The van der Waals surface area contributed by atoms with Crippen molar-refractivity contribution in [2.75, 3.05) is 41.6 Å². The number of likely N-dealkylation sites (N-methyl/N-ethyl adjacent to an activating group) is 1. The van der Waals surface area contributed by atoms with Crippen LogP contribution in [0.5, 0.6) is 0 Å². The summed E-state index contributed by atoms with van der Waals surface area (Å²) >= 11 is 0. The number of carbonyl (C=O) groups is 2. The van der Waals surface area contributed by atoms with Gasteiger partial charge in [0, 0.05) is 88.2 Å². The summed E-state index contributed by atoms with van der Waals surface area (Å²) in [5, 5.41) is 55.7. The molecule has 432 valence electrons. The number of ether oxygens (including phenoxy) is 8. The van der Waals surface area contributed by atoms with Gasteiger partial charge in [0.1, 0.15) is 48.5 Å². The van der Waals surface area contributed by atoms with E-state index in [0.29, 0.717) is 25.1 Å². The van der Waals surface area contributed by atoms with Gasteiger partial charge in [-0.15, -0.1) is 5.10 Å². The Labute approximate surface area is 454 Å². The van der Waals surface area contributed by atoms with E-state index in [2.05, 4.69) is 15.3 Å². The second-order valence-electron chi connectivity index (χ2n) is 22.8. The number of rotatable bonds is 17. The van der Waals surface area contributed by atoms with E-state index in [1.54, 1.807) is 47.7 Å². The van der Waals surface area contributed by atoms with E-state index < -0.39 is 133 Å². The standard InChI is InChI=1S/C57H88FN5O14/c1-16-44-57(11,69)50(66)34(5)46(64)31(2)26-56(10,72-15)52(35(6)48(36(7)53(68)75-44)76-45-27-55(9,71-14)51(67)37(8)74-45)77-54-47(65)42(25-33(4)73-54)62(12)24-23-41-30-63(61-60-41)43(28-58)49(70-13)39-21-19-38(20-22-39)40-18-17-32(3)59-29-40/h17-22,29-31,33-37,42-45,47-52,54,65-67,69H,16,23-28H2,1-15H3/t31-,33-,34+,35+,36-,37+,42+,43-,44-,45+,47-,48+,49-,50-,51+,52-,54+,55-,56-,57-/m1/s1. The number of carbonyl (C=O) groups excluding carboxylic acids is 2. The number of methoxy groups -OCH3 is 3. The lowest BCUT2D eigenvalue weighted by molar-refractivity contribution is -0.319. The Hall–Kier alpha value is -3.90. The van der Waals surface area contributed by atoms with Crippen LogP contribution in [0.1, 0.15) is 124 Å². The number of esters is 1. The maximum atomic E-state index is 15.0. The van der Waals surface area contributed by atoms with Crippen molar-refractivity contribution in [2.45, 2.75) is 205 Å². The summed E-state index contributed by atoms with van der Waals surface area (Å²) in [4.78, 5) is 35.2. The zero-order valence-corrected chi connectivity index (χ0v) is 47.9. The molecule has 6 rings (SSSR count). The van der Waals surface area contributed by atoms with Crippen molar-refractivity contribution in [1.29, 1.82) is 0 Å². The summed E-state index contributed by atoms with van der Waals surface area (Å²) < 4.78 is 67.2. The predicted octanol–water partition coefficient (Wildman–Crippen LogP) is 5.91. The second kappa shape index (κ2) is 26.1. The molecule has 0 bridgehead atoms. The molecular weight excluding hydrogens is 998 g/mol. The molecule has 3 saturated heterocycles. The number of alkyl halides is 1. The Bertz CT molecular complexity index is 2360. The van der Waals surface area contributed by atoms with Crippen LogP contribution in [-0.4, -0.2) is 183 Å². The summed E-state index contributed by atoms with van der Waals surface area (Å²) in [5.74, 6) is -4.87. The van der Waals surface area contributed by atoms with E-state index >= 15 is 0 Å². The van der Waals surface area contributed by atoms with Crippen LogP contribution in [-0.2, 0) is 53.9 Å². The van der Waals surface area contributed by atoms with E-state index in [0.717, 1.165) is 22.4 Å². The molecular formula is C57H88FN5O14. The SMILES string of the molecule is CC[C@H]1OC(=O)[C@H](C)[C@@H](O[C@H]2C[C@@](C)(OC)[C@@H](O)[C@H](C)O2)[C@H](C)[C@@H](O[C@@H]2O[C@H](C)C[C@H](N(C)CCc3cn([C@H](CF)[C@H](OC)c4ccc(-c5ccc(C)nc5)cc4)nn3)[C@H]2O)[C@](C)(OC)C[C@@H](C)C(=O)[C@H](C)[C@@H](O)[C@]1(C)O. The van der Waals surface area contributed by atoms with Gasteiger partial charge in [0.05, 0.1) is 53.3 Å². The molecule has 3 aliphatic heterocycles. The monoisotopic (exact) mass is 1090 g/mol. The third-order valence-electron chi connectivity index (χ3n) is 17.0. The minimum atomic E-state index is -2.02. The van der Waals surface area contributed by atoms with Crippen molar-refractivity contribution < 1.29 is 72.3 Å². The number of nitrogens with zero attached hydrogens (tertiary/aromatic N) is 5. The molecule has 5 heterocycles.